The highest BCUT2D eigenvalue weighted by Gasteiger charge is 2.03. The maximum Gasteiger partial charge on any atom is 0.248 e. The molecule has 0 aliphatic carbocycles. The van der Waals surface area contributed by atoms with E-state index in [4.69, 9.17) is 17.2 Å². The van der Waals surface area contributed by atoms with Crippen molar-refractivity contribution in [3.05, 3.63) is 23.8 Å². The molecule has 1 rings (SSSR count). The van der Waals surface area contributed by atoms with Gasteiger partial charge in [0, 0.05) is 18.7 Å². The fourth-order valence-corrected chi connectivity index (χ4v) is 1.08. The van der Waals surface area contributed by atoms with Gasteiger partial charge in [-0.25, -0.2) is 0 Å². The van der Waals surface area contributed by atoms with Gasteiger partial charge in [0.05, 0.1) is 11.4 Å². The molecule has 0 spiro atoms. The third-order valence-corrected chi connectivity index (χ3v) is 1.80. The highest BCUT2D eigenvalue weighted by Crippen LogP contribution is 2.19. The van der Waals surface area contributed by atoms with Gasteiger partial charge in [-0.2, -0.15) is 0 Å². The molecule has 1 amide bonds. The quantitative estimate of drug-likeness (QED) is 0.495. The molecule has 14 heavy (non-hydrogen) atoms. The number of nitrogen functional groups attached to an aromatic ring is 1. The van der Waals surface area contributed by atoms with E-state index in [0.29, 0.717) is 24.3 Å². The number of nitrogens with two attached hydrogens (primary N) is 3. The van der Waals surface area contributed by atoms with E-state index in [0.717, 1.165) is 5.69 Å². The summed E-state index contributed by atoms with van der Waals surface area (Å²) in [4.78, 5) is 10.8. The number of amides is 1. The van der Waals surface area contributed by atoms with Crippen LogP contribution in [-0.4, -0.2) is 19.0 Å². The van der Waals surface area contributed by atoms with Crippen LogP contribution in [0.25, 0.3) is 0 Å². The standard InChI is InChI=1S/C9H14N4O/c10-3-4-13-8-2-1-6(9(12)14)5-7(8)11/h1-2,5,13H,3-4,10-11H2,(H2,12,14). The van der Waals surface area contributed by atoms with E-state index in [1.54, 1.807) is 18.2 Å². The Morgan fingerprint density at radius 3 is 2.64 bits per heavy atom. The lowest BCUT2D eigenvalue weighted by Crippen LogP contribution is -2.15. The van der Waals surface area contributed by atoms with E-state index in [2.05, 4.69) is 5.32 Å². The normalized spacial score (nSPS) is 9.79. The van der Waals surface area contributed by atoms with Gasteiger partial charge >= 0.3 is 0 Å². The number of primary amides is 1. The van der Waals surface area contributed by atoms with E-state index >= 15 is 0 Å². The van der Waals surface area contributed by atoms with Gasteiger partial charge in [0.1, 0.15) is 0 Å². The van der Waals surface area contributed by atoms with Crippen LogP contribution in [0.2, 0.25) is 0 Å². The zero-order valence-corrected chi connectivity index (χ0v) is 7.79. The first-order valence-electron chi connectivity index (χ1n) is 4.28. The van der Waals surface area contributed by atoms with Gasteiger partial charge in [0.2, 0.25) is 5.91 Å². The van der Waals surface area contributed by atoms with Crippen molar-refractivity contribution in [3.8, 4) is 0 Å². The van der Waals surface area contributed by atoms with E-state index in [1.807, 2.05) is 0 Å². The number of anilines is 2. The van der Waals surface area contributed by atoms with E-state index in [-0.39, 0.29) is 0 Å². The van der Waals surface area contributed by atoms with Gasteiger partial charge in [-0.05, 0) is 18.2 Å². The first-order valence-corrected chi connectivity index (χ1v) is 4.28. The first kappa shape index (κ1) is 10.3. The molecule has 0 fully saturated rings. The van der Waals surface area contributed by atoms with Crippen molar-refractivity contribution in [1.29, 1.82) is 0 Å². The van der Waals surface area contributed by atoms with Crippen molar-refractivity contribution in [2.24, 2.45) is 11.5 Å². The smallest absolute Gasteiger partial charge is 0.248 e. The van der Waals surface area contributed by atoms with Gasteiger partial charge in [-0.3, -0.25) is 4.79 Å². The van der Waals surface area contributed by atoms with Crippen LogP contribution in [0, 0.1) is 0 Å². The molecule has 0 saturated heterocycles. The zero-order chi connectivity index (χ0) is 10.6. The highest BCUT2D eigenvalue weighted by molar-refractivity contribution is 5.94. The summed E-state index contributed by atoms with van der Waals surface area (Å²) in [6.45, 7) is 1.16. The van der Waals surface area contributed by atoms with E-state index in [1.165, 1.54) is 0 Å². The first-order chi connectivity index (χ1) is 6.65. The Hall–Kier alpha value is -1.75. The Morgan fingerprint density at radius 2 is 2.14 bits per heavy atom. The van der Waals surface area contributed by atoms with Crippen LogP contribution in [0.15, 0.2) is 18.2 Å². The lowest BCUT2D eigenvalue weighted by molar-refractivity contribution is 0.100. The second kappa shape index (κ2) is 4.48. The lowest BCUT2D eigenvalue weighted by Gasteiger charge is -2.08. The zero-order valence-electron chi connectivity index (χ0n) is 7.79. The van der Waals surface area contributed by atoms with Crippen LogP contribution >= 0.6 is 0 Å². The number of hydrogen-bond donors (Lipinski definition) is 4. The summed E-state index contributed by atoms with van der Waals surface area (Å²) in [5.41, 5.74) is 17.8. The van der Waals surface area contributed by atoms with Crippen LogP contribution in [0.5, 0.6) is 0 Å². The van der Waals surface area contributed by atoms with Crippen molar-refractivity contribution < 1.29 is 4.79 Å². The Balaban J connectivity index is 2.84. The Labute approximate surface area is 82.3 Å². The topological polar surface area (TPSA) is 107 Å². The minimum Gasteiger partial charge on any atom is -0.397 e. The molecule has 5 nitrogen and oxygen atoms in total. The molecular weight excluding hydrogens is 180 g/mol. The van der Waals surface area contributed by atoms with Crippen LogP contribution < -0.4 is 22.5 Å². The molecule has 0 aromatic heterocycles. The molecule has 0 aliphatic heterocycles. The minimum atomic E-state index is -0.484. The van der Waals surface area contributed by atoms with Gasteiger partial charge in [-0.15, -0.1) is 0 Å². The number of carbonyl (C=O) groups excluding carboxylic acids is 1. The molecular formula is C9H14N4O. The summed E-state index contributed by atoms with van der Waals surface area (Å²) >= 11 is 0. The van der Waals surface area contributed by atoms with Crippen molar-refractivity contribution in [2.45, 2.75) is 0 Å². The second-order valence-electron chi connectivity index (χ2n) is 2.88. The molecule has 1 aromatic rings. The van der Waals surface area contributed by atoms with Crippen molar-refractivity contribution >= 4 is 17.3 Å². The van der Waals surface area contributed by atoms with Gasteiger partial charge in [-0.1, -0.05) is 0 Å². The summed E-state index contributed by atoms with van der Waals surface area (Å²) in [5, 5.41) is 3.03. The molecule has 5 heteroatoms. The molecule has 76 valence electrons. The third kappa shape index (κ3) is 2.37. The average Bonchev–Trinajstić information content (AvgIpc) is 2.15. The molecule has 0 radical (unpaired) electrons. The number of nitrogens with one attached hydrogen (secondary N) is 1. The predicted octanol–water partition coefficient (Wildman–Crippen LogP) is -0.262. The fourth-order valence-electron chi connectivity index (χ4n) is 1.08. The van der Waals surface area contributed by atoms with E-state index < -0.39 is 5.91 Å². The number of hydrogen-bond acceptors (Lipinski definition) is 4. The Bertz CT molecular complexity index is 338. The Morgan fingerprint density at radius 1 is 1.43 bits per heavy atom. The predicted molar refractivity (Wildman–Crippen MR) is 56.9 cm³/mol. The summed E-state index contributed by atoms with van der Waals surface area (Å²) < 4.78 is 0. The van der Waals surface area contributed by atoms with Gasteiger partial charge < -0.3 is 22.5 Å². The van der Waals surface area contributed by atoms with Crippen LogP contribution in [0.3, 0.4) is 0 Å². The average molecular weight is 194 g/mol. The van der Waals surface area contributed by atoms with Crippen molar-refractivity contribution in [3.63, 3.8) is 0 Å². The number of carbonyl (C=O) groups is 1. The van der Waals surface area contributed by atoms with E-state index in [9.17, 15) is 4.79 Å². The van der Waals surface area contributed by atoms with Crippen LogP contribution in [0.4, 0.5) is 11.4 Å². The number of rotatable bonds is 4. The third-order valence-electron chi connectivity index (χ3n) is 1.80. The maximum absolute atomic E-state index is 10.8. The minimum absolute atomic E-state index is 0.404. The summed E-state index contributed by atoms with van der Waals surface area (Å²) in [6, 6.07) is 4.88. The molecule has 0 saturated carbocycles. The van der Waals surface area contributed by atoms with Gasteiger partial charge in [0.25, 0.3) is 0 Å². The van der Waals surface area contributed by atoms with Crippen molar-refractivity contribution in [2.75, 3.05) is 24.1 Å². The maximum atomic E-state index is 10.8. The number of benzene rings is 1. The van der Waals surface area contributed by atoms with Crippen LogP contribution in [-0.2, 0) is 0 Å². The molecule has 0 bridgehead atoms. The SMILES string of the molecule is NCCNc1ccc(C(N)=O)cc1N. The van der Waals surface area contributed by atoms with Gasteiger partial charge in [0.15, 0.2) is 0 Å². The van der Waals surface area contributed by atoms with Crippen molar-refractivity contribution in [1.82, 2.24) is 0 Å². The monoisotopic (exact) mass is 194 g/mol. The molecule has 0 unspecified atom stereocenters. The van der Waals surface area contributed by atoms with Crippen LogP contribution in [0.1, 0.15) is 10.4 Å². The summed E-state index contributed by atoms with van der Waals surface area (Å²) in [5.74, 6) is -0.484. The second-order valence-corrected chi connectivity index (χ2v) is 2.88. The Kier molecular flexibility index (Phi) is 3.30. The summed E-state index contributed by atoms with van der Waals surface area (Å²) in [6.07, 6.45) is 0. The molecule has 0 aliphatic rings. The molecule has 0 atom stereocenters. The lowest BCUT2D eigenvalue weighted by atomic mass is 10.1. The highest BCUT2D eigenvalue weighted by atomic mass is 16.1. The summed E-state index contributed by atoms with van der Waals surface area (Å²) in [7, 11) is 0. The molecule has 7 N–H and O–H groups in total. The fraction of sp³-hybridized carbons (Fsp3) is 0.222. The molecule has 0 heterocycles. The molecule has 1 aromatic carbocycles. The largest absolute Gasteiger partial charge is 0.397 e.